The number of aliphatic hydroxyl groups excluding tert-OH is 1. The monoisotopic (exact) mass is 466 g/mol. The maximum Gasteiger partial charge on any atom is 0.308 e. The van der Waals surface area contributed by atoms with Gasteiger partial charge in [0.05, 0.1) is 29.5 Å². The van der Waals surface area contributed by atoms with Crippen LogP contribution in [0.25, 0.3) is 0 Å². The molecule has 1 aromatic rings. The molecule has 1 amide bonds. The van der Waals surface area contributed by atoms with E-state index in [-0.39, 0.29) is 54.1 Å². The number of aliphatic hydroxyl groups is 1. The van der Waals surface area contributed by atoms with Crippen LogP contribution in [0.15, 0.2) is 24.3 Å². The van der Waals surface area contributed by atoms with Gasteiger partial charge in [0, 0.05) is 18.2 Å². The smallest absolute Gasteiger partial charge is 0.308 e. The molecule has 0 radical (unpaired) electrons. The number of carbonyl (C=O) groups is 2. The zero-order chi connectivity index (χ0) is 24.3. The molecule has 0 spiro atoms. The number of esters is 1. The molecule has 4 atom stereocenters. The zero-order valence-electron chi connectivity index (χ0n) is 19.6. The summed E-state index contributed by atoms with van der Waals surface area (Å²) in [5, 5.41) is 23.8. The fraction of sp³-hybridized carbons (Fsp3) is 0.636. The maximum atomic E-state index is 12.2. The van der Waals surface area contributed by atoms with Crippen molar-refractivity contribution < 1.29 is 28.8 Å². The predicted octanol–water partition coefficient (Wildman–Crippen LogP) is 3.30. The number of non-ortho nitro benzene ring substituents is 1. The molecule has 2 N–H and O–H groups in total. The van der Waals surface area contributed by atoms with Crippen LogP contribution in [0.3, 0.4) is 0 Å². The third-order valence-corrected chi connectivity index (χ3v) is 10.9. The van der Waals surface area contributed by atoms with Crippen LogP contribution in [0, 0.1) is 16.0 Å². The topological polar surface area (TPSA) is 128 Å². The number of benzene rings is 1. The van der Waals surface area contributed by atoms with Gasteiger partial charge in [-0.1, -0.05) is 20.8 Å². The van der Waals surface area contributed by atoms with E-state index in [1.165, 1.54) is 24.3 Å². The Morgan fingerprint density at radius 3 is 2.38 bits per heavy atom. The average molecular weight is 467 g/mol. The van der Waals surface area contributed by atoms with Crippen LogP contribution in [0.5, 0.6) is 0 Å². The van der Waals surface area contributed by atoms with Gasteiger partial charge in [0.2, 0.25) is 5.91 Å². The molecule has 1 fully saturated rings. The van der Waals surface area contributed by atoms with E-state index in [1.807, 2.05) is 6.92 Å². The van der Waals surface area contributed by atoms with Crippen molar-refractivity contribution in [2.24, 2.45) is 5.92 Å². The van der Waals surface area contributed by atoms with E-state index in [0.29, 0.717) is 5.56 Å². The van der Waals surface area contributed by atoms with E-state index in [0.717, 1.165) is 0 Å². The summed E-state index contributed by atoms with van der Waals surface area (Å²) < 4.78 is 11.5. The van der Waals surface area contributed by atoms with Crippen LogP contribution < -0.4 is 5.32 Å². The number of carbonyl (C=O) groups excluding carboxylic acids is 2. The predicted molar refractivity (Wildman–Crippen MR) is 121 cm³/mol. The van der Waals surface area contributed by atoms with Crippen LogP contribution in [-0.2, 0) is 25.4 Å². The van der Waals surface area contributed by atoms with Crippen molar-refractivity contribution in [2.75, 3.05) is 0 Å². The normalized spacial score (nSPS) is 20.7. The van der Waals surface area contributed by atoms with Gasteiger partial charge in [-0.25, -0.2) is 0 Å². The lowest BCUT2D eigenvalue weighted by Crippen LogP contribution is -2.64. The number of hydrogen-bond donors (Lipinski definition) is 2. The second-order valence-electron chi connectivity index (χ2n) is 9.90. The minimum atomic E-state index is -2.05. The Bertz CT molecular complexity index is 836. The number of ether oxygens (including phenoxy) is 1. The number of nitro benzene ring substituents is 1. The highest BCUT2D eigenvalue weighted by Gasteiger charge is 2.47. The van der Waals surface area contributed by atoms with E-state index < -0.39 is 25.3 Å². The summed E-state index contributed by atoms with van der Waals surface area (Å²) in [7, 11) is -2.05. The SMILES string of the molecule is C[C@@H](O[Si](C)(C)C(C)(C)C)C1C(=O)NC1CC(O)CC(=O)OCc1ccc([N+](=O)[O-])cc1. The Labute approximate surface area is 189 Å². The van der Waals surface area contributed by atoms with Crippen LogP contribution >= 0.6 is 0 Å². The van der Waals surface area contributed by atoms with Crippen molar-refractivity contribution in [1.82, 2.24) is 5.32 Å². The van der Waals surface area contributed by atoms with E-state index in [4.69, 9.17) is 9.16 Å². The van der Waals surface area contributed by atoms with Gasteiger partial charge in [0.1, 0.15) is 6.61 Å². The summed E-state index contributed by atoms with van der Waals surface area (Å²) in [5.74, 6) is -1.05. The van der Waals surface area contributed by atoms with E-state index in [2.05, 4.69) is 39.2 Å². The molecule has 1 saturated heterocycles. The zero-order valence-corrected chi connectivity index (χ0v) is 20.6. The van der Waals surface area contributed by atoms with E-state index in [1.54, 1.807) is 0 Å². The van der Waals surface area contributed by atoms with Crippen LogP contribution in [-0.4, -0.2) is 48.5 Å². The lowest BCUT2D eigenvalue weighted by molar-refractivity contribution is -0.384. The van der Waals surface area contributed by atoms with Gasteiger partial charge < -0.3 is 19.6 Å². The fourth-order valence-corrected chi connectivity index (χ4v) is 4.85. The van der Waals surface area contributed by atoms with Crippen molar-refractivity contribution in [2.45, 2.75) is 83.5 Å². The molecular formula is C22H34N2O7Si. The van der Waals surface area contributed by atoms with Crippen molar-refractivity contribution in [3.05, 3.63) is 39.9 Å². The third-order valence-electron chi connectivity index (χ3n) is 6.33. The Kier molecular flexibility index (Phi) is 8.19. The standard InChI is InChI=1S/C22H34N2O7Si/c1-14(31-32(5,6)22(2,3)4)20-18(23-21(20)27)11-17(25)12-19(26)30-13-15-7-9-16(10-8-15)24(28)29/h7-10,14,17-18,20,25H,11-13H2,1-6H3,(H,23,27)/t14-,17?,18?,20?/m1/s1. The fourth-order valence-electron chi connectivity index (χ4n) is 3.42. The molecular weight excluding hydrogens is 432 g/mol. The summed E-state index contributed by atoms with van der Waals surface area (Å²) >= 11 is 0. The molecule has 1 heterocycles. The van der Waals surface area contributed by atoms with Crippen molar-refractivity contribution in [3.8, 4) is 0 Å². The van der Waals surface area contributed by atoms with Crippen molar-refractivity contribution in [1.29, 1.82) is 0 Å². The lowest BCUT2D eigenvalue weighted by atomic mass is 9.82. The Balaban J connectivity index is 1.82. The second-order valence-corrected chi connectivity index (χ2v) is 14.7. The number of nitro groups is 1. The number of nitrogens with zero attached hydrogens (tertiary/aromatic N) is 1. The minimum absolute atomic E-state index is 0.0178. The molecule has 2 rings (SSSR count). The number of amides is 1. The van der Waals surface area contributed by atoms with Gasteiger partial charge in [0.25, 0.3) is 5.69 Å². The highest BCUT2D eigenvalue weighted by Crippen LogP contribution is 2.39. The quantitative estimate of drug-likeness (QED) is 0.178. The minimum Gasteiger partial charge on any atom is -0.461 e. The first-order valence-electron chi connectivity index (χ1n) is 10.8. The first-order valence-corrected chi connectivity index (χ1v) is 13.7. The van der Waals surface area contributed by atoms with Gasteiger partial charge in [-0.15, -0.1) is 0 Å². The molecule has 32 heavy (non-hydrogen) atoms. The number of β-lactam (4-membered cyclic amide) rings is 1. The van der Waals surface area contributed by atoms with Gasteiger partial charge >= 0.3 is 5.97 Å². The number of rotatable bonds is 10. The van der Waals surface area contributed by atoms with Crippen LogP contribution in [0.4, 0.5) is 5.69 Å². The molecule has 9 nitrogen and oxygen atoms in total. The molecule has 3 unspecified atom stereocenters. The Morgan fingerprint density at radius 1 is 1.28 bits per heavy atom. The second kappa shape index (κ2) is 10.1. The largest absolute Gasteiger partial charge is 0.461 e. The molecule has 1 aliphatic rings. The Morgan fingerprint density at radius 2 is 1.88 bits per heavy atom. The summed E-state index contributed by atoms with van der Waals surface area (Å²) in [6.07, 6.45) is -1.22. The molecule has 1 aromatic carbocycles. The molecule has 1 aliphatic heterocycles. The molecule has 0 saturated carbocycles. The molecule has 178 valence electrons. The summed E-state index contributed by atoms with van der Waals surface area (Å²) in [6.45, 7) is 12.5. The van der Waals surface area contributed by atoms with Gasteiger partial charge in [-0.2, -0.15) is 0 Å². The van der Waals surface area contributed by atoms with Gasteiger partial charge in [-0.05, 0) is 49.2 Å². The summed E-state index contributed by atoms with van der Waals surface area (Å²) in [4.78, 5) is 34.4. The van der Waals surface area contributed by atoms with Crippen molar-refractivity contribution in [3.63, 3.8) is 0 Å². The number of nitrogens with one attached hydrogen (secondary N) is 1. The average Bonchev–Trinajstić information content (AvgIpc) is 2.64. The summed E-state index contributed by atoms with van der Waals surface area (Å²) in [6, 6.07) is 5.44. The van der Waals surface area contributed by atoms with E-state index >= 15 is 0 Å². The van der Waals surface area contributed by atoms with Crippen molar-refractivity contribution >= 4 is 25.9 Å². The lowest BCUT2D eigenvalue weighted by Gasteiger charge is -2.45. The molecule has 10 heteroatoms. The van der Waals surface area contributed by atoms with Gasteiger partial charge in [0.15, 0.2) is 8.32 Å². The molecule has 0 aliphatic carbocycles. The highest BCUT2D eigenvalue weighted by molar-refractivity contribution is 6.74. The first kappa shape index (κ1) is 26.0. The van der Waals surface area contributed by atoms with Crippen LogP contribution in [0.1, 0.15) is 46.1 Å². The summed E-state index contributed by atoms with van der Waals surface area (Å²) in [5.41, 5.74) is 0.570. The first-order chi connectivity index (χ1) is 14.7. The van der Waals surface area contributed by atoms with Crippen LogP contribution in [0.2, 0.25) is 18.1 Å². The maximum absolute atomic E-state index is 12.2. The highest BCUT2D eigenvalue weighted by atomic mass is 28.4. The third kappa shape index (κ3) is 6.60. The molecule has 0 bridgehead atoms. The van der Waals surface area contributed by atoms with E-state index in [9.17, 15) is 24.8 Å². The Hall–Kier alpha value is -2.30. The van der Waals surface area contributed by atoms with Gasteiger partial charge in [-0.3, -0.25) is 19.7 Å². The number of hydrogen-bond acceptors (Lipinski definition) is 7. The molecule has 0 aromatic heterocycles.